The number of anilines is 2. The Balaban J connectivity index is 0.00000225. The second-order valence-electron chi connectivity index (χ2n) is 5.96. The van der Waals surface area contributed by atoms with Crippen molar-refractivity contribution in [2.24, 2.45) is 0 Å². The Morgan fingerprint density at radius 1 is 1.14 bits per heavy atom. The third-order valence-electron chi connectivity index (χ3n) is 4.05. The number of hydrogen-bond donors (Lipinski definition) is 2. The average molecular weight is 402 g/mol. The summed E-state index contributed by atoms with van der Waals surface area (Å²) in [6.45, 7) is 0.250. The summed E-state index contributed by atoms with van der Waals surface area (Å²) < 4.78 is 20.7. The van der Waals surface area contributed by atoms with Gasteiger partial charge in [-0.3, -0.25) is 4.68 Å². The van der Waals surface area contributed by atoms with Gasteiger partial charge in [-0.2, -0.15) is 5.10 Å². The van der Waals surface area contributed by atoms with Crippen LogP contribution in [0.4, 0.5) is 15.9 Å². The molecule has 0 saturated carbocycles. The molecule has 0 aliphatic heterocycles. The molecule has 0 atom stereocenters. The molecule has 0 saturated heterocycles. The number of aromatic nitrogens is 5. The lowest BCUT2D eigenvalue weighted by molar-refractivity contribution is 0.421. The van der Waals surface area contributed by atoms with Crippen LogP contribution in [0.25, 0.3) is 11.4 Å². The third-order valence-corrected chi connectivity index (χ3v) is 4.05. The summed E-state index contributed by atoms with van der Waals surface area (Å²) in [6, 6.07) is 10.1. The van der Waals surface area contributed by atoms with Gasteiger partial charge in [-0.1, -0.05) is 23.4 Å². The van der Waals surface area contributed by atoms with Crippen molar-refractivity contribution in [3.63, 3.8) is 0 Å². The zero-order valence-electron chi connectivity index (χ0n) is 14.6. The first-order valence-corrected chi connectivity index (χ1v) is 8.18. The number of rotatable bonds is 5. The highest BCUT2D eigenvalue weighted by molar-refractivity contribution is 5.85. The largest absolute Gasteiger partial charge is 0.394 e. The highest BCUT2D eigenvalue weighted by Crippen LogP contribution is 2.22. The van der Waals surface area contributed by atoms with E-state index in [2.05, 4.69) is 20.2 Å². The SMILES string of the molecule is Cl.Nc1cnc(Cc2cc(-c3ccon3)n(Cc3ccccc3F)n2)nc1N. The molecule has 0 amide bonds. The number of benzene rings is 1. The van der Waals surface area contributed by atoms with Crippen LogP contribution in [0, 0.1) is 5.82 Å². The van der Waals surface area contributed by atoms with Crippen LogP contribution >= 0.6 is 12.4 Å². The molecule has 0 spiro atoms. The van der Waals surface area contributed by atoms with Gasteiger partial charge in [0.05, 0.1) is 36.2 Å². The van der Waals surface area contributed by atoms with Crippen molar-refractivity contribution < 1.29 is 8.91 Å². The van der Waals surface area contributed by atoms with Gasteiger partial charge in [0.1, 0.15) is 29.4 Å². The predicted molar refractivity (Wildman–Crippen MR) is 104 cm³/mol. The smallest absolute Gasteiger partial charge is 0.150 e. The van der Waals surface area contributed by atoms with Crippen molar-refractivity contribution in [3.05, 3.63) is 71.8 Å². The number of nitrogens with two attached hydrogens (primary N) is 2. The zero-order chi connectivity index (χ0) is 18.8. The number of nitrogens with zero attached hydrogens (tertiary/aromatic N) is 5. The molecule has 8 nitrogen and oxygen atoms in total. The molecule has 0 bridgehead atoms. The van der Waals surface area contributed by atoms with Crippen molar-refractivity contribution in [1.82, 2.24) is 24.9 Å². The van der Waals surface area contributed by atoms with Gasteiger partial charge in [-0.25, -0.2) is 14.4 Å². The summed E-state index contributed by atoms with van der Waals surface area (Å²) >= 11 is 0. The Labute approximate surface area is 165 Å². The van der Waals surface area contributed by atoms with Crippen LogP contribution in [0.2, 0.25) is 0 Å². The number of halogens is 2. The fourth-order valence-electron chi connectivity index (χ4n) is 2.71. The van der Waals surface area contributed by atoms with E-state index in [1.54, 1.807) is 28.9 Å². The van der Waals surface area contributed by atoms with Gasteiger partial charge in [0.2, 0.25) is 0 Å². The van der Waals surface area contributed by atoms with E-state index in [1.807, 2.05) is 6.07 Å². The molecule has 0 aliphatic rings. The van der Waals surface area contributed by atoms with Crippen LogP contribution in [0.15, 0.2) is 53.4 Å². The van der Waals surface area contributed by atoms with E-state index in [4.69, 9.17) is 16.0 Å². The quantitative estimate of drug-likeness (QED) is 0.527. The number of nitrogen functional groups attached to an aromatic ring is 2. The minimum absolute atomic E-state index is 0. The van der Waals surface area contributed by atoms with E-state index in [9.17, 15) is 4.39 Å². The van der Waals surface area contributed by atoms with Gasteiger partial charge in [0.15, 0.2) is 0 Å². The second-order valence-corrected chi connectivity index (χ2v) is 5.96. The first-order valence-electron chi connectivity index (χ1n) is 8.18. The summed E-state index contributed by atoms with van der Waals surface area (Å²) in [5, 5.41) is 8.53. The van der Waals surface area contributed by atoms with E-state index in [1.165, 1.54) is 18.5 Å². The van der Waals surface area contributed by atoms with Gasteiger partial charge in [0.25, 0.3) is 0 Å². The summed E-state index contributed by atoms with van der Waals surface area (Å²) in [5.74, 6) is 0.418. The highest BCUT2D eigenvalue weighted by Gasteiger charge is 2.15. The predicted octanol–water partition coefficient (Wildman–Crippen LogP) is 2.69. The van der Waals surface area contributed by atoms with E-state index in [0.29, 0.717) is 40.6 Å². The molecule has 4 N–H and O–H groups in total. The Morgan fingerprint density at radius 3 is 2.68 bits per heavy atom. The monoisotopic (exact) mass is 401 g/mol. The van der Waals surface area contributed by atoms with Crippen molar-refractivity contribution in [2.45, 2.75) is 13.0 Å². The van der Waals surface area contributed by atoms with Crippen molar-refractivity contribution in [1.29, 1.82) is 0 Å². The van der Waals surface area contributed by atoms with Crippen LogP contribution < -0.4 is 11.5 Å². The lowest BCUT2D eigenvalue weighted by atomic mass is 10.2. The molecular formula is C18H17ClFN7O. The highest BCUT2D eigenvalue weighted by atomic mass is 35.5. The lowest BCUT2D eigenvalue weighted by Gasteiger charge is -2.06. The fraction of sp³-hybridized carbons (Fsp3) is 0.111. The molecule has 10 heteroatoms. The Morgan fingerprint density at radius 2 is 1.96 bits per heavy atom. The number of hydrogen-bond acceptors (Lipinski definition) is 7. The fourth-order valence-corrected chi connectivity index (χ4v) is 2.71. The molecule has 4 rings (SSSR count). The molecule has 0 radical (unpaired) electrons. The van der Waals surface area contributed by atoms with E-state index in [-0.39, 0.29) is 30.6 Å². The Bertz CT molecular complexity index is 1080. The maximum Gasteiger partial charge on any atom is 0.150 e. The standard InChI is InChI=1S/C18H16FN7O.ClH/c19-13-4-2-1-3-11(13)10-26-16(15-5-6-27-25-15)7-12(24-26)8-17-22-9-14(20)18(21)23-17;/h1-7,9H,8,10,20H2,(H2,21,22,23);1H. The van der Waals surface area contributed by atoms with Gasteiger partial charge >= 0.3 is 0 Å². The summed E-state index contributed by atoms with van der Waals surface area (Å²) in [6.07, 6.45) is 3.28. The molecule has 3 aromatic heterocycles. The Hall–Kier alpha value is -3.46. The van der Waals surface area contributed by atoms with Gasteiger partial charge in [0, 0.05) is 11.6 Å². The molecule has 0 unspecified atom stereocenters. The Kier molecular flexibility index (Phi) is 5.55. The molecule has 3 heterocycles. The van der Waals surface area contributed by atoms with E-state index < -0.39 is 0 Å². The van der Waals surface area contributed by atoms with Crippen LogP contribution in [0.1, 0.15) is 17.1 Å². The zero-order valence-corrected chi connectivity index (χ0v) is 15.4. The minimum atomic E-state index is -0.296. The van der Waals surface area contributed by atoms with Crippen molar-refractivity contribution >= 4 is 23.9 Å². The minimum Gasteiger partial charge on any atom is -0.394 e. The molecule has 0 aliphatic carbocycles. The van der Waals surface area contributed by atoms with Crippen LogP contribution in [-0.4, -0.2) is 24.9 Å². The maximum atomic E-state index is 14.1. The molecule has 4 aromatic rings. The summed E-state index contributed by atoms with van der Waals surface area (Å²) in [4.78, 5) is 8.34. The van der Waals surface area contributed by atoms with Crippen LogP contribution in [0.3, 0.4) is 0 Å². The maximum absolute atomic E-state index is 14.1. The van der Waals surface area contributed by atoms with Gasteiger partial charge < -0.3 is 16.0 Å². The van der Waals surface area contributed by atoms with Gasteiger partial charge in [-0.05, 0) is 12.1 Å². The van der Waals surface area contributed by atoms with Gasteiger partial charge in [-0.15, -0.1) is 12.4 Å². The van der Waals surface area contributed by atoms with E-state index >= 15 is 0 Å². The lowest BCUT2D eigenvalue weighted by Crippen LogP contribution is -2.07. The van der Waals surface area contributed by atoms with Crippen LogP contribution in [-0.2, 0) is 13.0 Å². The molecule has 28 heavy (non-hydrogen) atoms. The first-order chi connectivity index (χ1) is 13.1. The van der Waals surface area contributed by atoms with E-state index in [0.717, 1.165) is 0 Å². The average Bonchev–Trinajstić information content (AvgIpc) is 3.30. The normalized spacial score (nSPS) is 10.6. The summed E-state index contributed by atoms with van der Waals surface area (Å²) in [5.41, 5.74) is 14.2. The second kappa shape index (κ2) is 8.05. The molecular weight excluding hydrogens is 385 g/mol. The third kappa shape index (κ3) is 3.94. The molecule has 144 valence electrons. The first kappa shape index (κ1) is 19.3. The van der Waals surface area contributed by atoms with Crippen molar-refractivity contribution in [3.8, 4) is 11.4 Å². The molecule has 0 fully saturated rings. The molecule has 1 aromatic carbocycles. The van der Waals surface area contributed by atoms with Crippen molar-refractivity contribution in [2.75, 3.05) is 11.5 Å². The summed E-state index contributed by atoms with van der Waals surface area (Å²) in [7, 11) is 0. The topological polar surface area (TPSA) is 122 Å². The van der Waals surface area contributed by atoms with Crippen LogP contribution in [0.5, 0.6) is 0 Å².